The normalized spacial score (nSPS) is 20.1. The maximum atomic E-state index is 7.17. The second-order valence-electron chi connectivity index (χ2n) is 19.7. The number of rotatable bonds is 3. The molecule has 0 unspecified atom stereocenters. The van der Waals surface area contributed by atoms with Gasteiger partial charge in [-0.1, -0.05) is 152 Å². The number of nitrogens with zero attached hydrogens (tertiary/aromatic N) is 3. The Hall–Kier alpha value is -4.99. The first-order valence-electron chi connectivity index (χ1n) is 20.6. The summed E-state index contributed by atoms with van der Waals surface area (Å²) in [6.45, 7) is 24.7. The van der Waals surface area contributed by atoms with Crippen LogP contribution in [0.3, 0.4) is 0 Å². The minimum Gasteiger partial charge on any atom is -0.507 e. The van der Waals surface area contributed by atoms with Gasteiger partial charge in [0.15, 0.2) is 0 Å². The summed E-state index contributed by atoms with van der Waals surface area (Å²) in [4.78, 5) is 10.5. The standard InChI is InChI=1S/C53H51N3O2.Pt/c1-31-23-38-39-28-36(50(5,6)7)29-43-46(39)56(47-42(51(43,8)9)21-16-22-54-47)44(38)30-45(31)57-37-26-34(25-35(27-37)49(2,3)4)48-55-52(10)40-19-14-12-17-32(40)24-33-18-13-15-20-41(33)53(52,11)58-48;/h12-23,25,27-29H,24H2,1-11H3;/q-2;+2/t52-,53+;/m1./s1. The van der Waals surface area contributed by atoms with Gasteiger partial charge in [-0.2, -0.15) is 6.07 Å². The van der Waals surface area contributed by atoms with Crippen molar-refractivity contribution < 1.29 is 30.5 Å². The average Bonchev–Trinajstić information content (AvgIpc) is 3.62. The zero-order chi connectivity index (χ0) is 40.7. The molecule has 300 valence electrons. The molecule has 2 atom stereocenters. The van der Waals surface area contributed by atoms with Crippen LogP contribution in [-0.4, -0.2) is 15.4 Å². The van der Waals surface area contributed by atoms with E-state index in [0.717, 1.165) is 45.4 Å². The average molecular weight is 957 g/mol. The van der Waals surface area contributed by atoms with Crippen LogP contribution >= 0.6 is 0 Å². The van der Waals surface area contributed by atoms with E-state index in [1.54, 1.807) is 0 Å². The van der Waals surface area contributed by atoms with Crippen molar-refractivity contribution in [2.75, 3.05) is 0 Å². The molecule has 5 nitrogen and oxygen atoms in total. The van der Waals surface area contributed by atoms with Crippen molar-refractivity contribution in [2.24, 2.45) is 4.99 Å². The van der Waals surface area contributed by atoms with Gasteiger partial charge in [-0.05, 0) is 70.4 Å². The van der Waals surface area contributed by atoms with E-state index in [4.69, 9.17) is 19.5 Å². The topological polar surface area (TPSA) is 48.6 Å². The van der Waals surface area contributed by atoms with Crippen molar-refractivity contribution >= 4 is 27.7 Å². The van der Waals surface area contributed by atoms with Crippen molar-refractivity contribution in [3.8, 4) is 17.3 Å². The summed E-state index contributed by atoms with van der Waals surface area (Å²) >= 11 is 0. The summed E-state index contributed by atoms with van der Waals surface area (Å²) in [6, 6.07) is 40.4. The fourth-order valence-electron chi connectivity index (χ4n) is 9.76. The van der Waals surface area contributed by atoms with Crippen LogP contribution in [0.15, 0.2) is 102 Å². The molecule has 0 radical (unpaired) electrons. The molecule has 1 aliphatic carbocycles. The summed E-state index contributed by atoms with van der Waals surface area (Å²) in [7, 11) is 0. The molecule has 0 fully saturated rings. The predicted octanol–water partition coefficient (Wildman–Crippen LogP) is 12.6. The SMILES string of the molecule is Cc1cc2c3cc(C(C)(C)C)cc4c3n(c2[c-]c1Oc1[c-]c(C2=N[C@]3(C)c5ccccc5Cc5ccccc5[C@]3(C)O2)cc(C(C)(C)C)c1)-c1ncccc1C4(C)C.[Pt+2]. The van der Waals surface area contributed by atoms with Gasteiger partial charge >= 0.3 is 21.1 Å². The summed E-state index contributed by atoms with van der Waals surface area (Å²) in [5.41, 5.74) is 11.9. The number of ether oxygens (including phenoxy) is 2. The fraction of sp³-hybridized carbons (Fsp3) is 0.321. The molecule has 59 heavy (non-hydrogen) atoms. The molecule has 4 heterocycles. The number of hydrogen-bond acceptors (Lipinski definition) is 4. The number of hydrogen-bond donors (Lipinski definition) is 0. The third-order valence-corrected chi connectivity index (χ3v) is 13.4. The molecule has 6 heteroatoms. The molecule has 3 aliphatic rings. The summed E-state index contributed by atoms with van der Waals surface area (Å²) < 4.78 is 16.4. The number of aryl methyl sites for hydroxylation is 1. The van der Waals surface area contributed by atoms with Gasteiger partial charge in [-0.3, -0.25) is 4.99 Å². The van der Waals surface area contributed by atoms with Crippen molar-refractivity contribution in [1.29, 1.82) is 0 Å². The van der Waals surface area contributed by atoms with E-state index in [0.29, 0.717) is 17.4 Å². The van der Waals surface area contributed by atoms with Gasteiger partial charge < -0.3 is 14.0 Å². The molecule has 0 spiro atoms. The van der Waals surface area contributed by atoms with E-state index in [-0.39, 0.29) is 37.3 Å². The maximum absolute atomic E-state index is 7.17. The van der Waals surface area contributed by atoms with Gasteiger partial charge in [-0.25, -0.2) is 4.98 Å². The summed E-state index contributed by atoms with van der Waals surface area (Å²) in [5.74, 6) is 2.76. The number of fused-ring (bicyclic) bond motifs is 10. The summed E-state index contributed by atoms with van der Waals surface area (Å²) in [5, 5.41) is 2.36. The van der Waals surface area contributed by atoms with E-state index in [1.807, 2.05) is 12.3 Å². The Morgan fingerprint density at radius 3 is 2.07 bits per heavy atom. The monoisotopic (exact) mass is 956 g/mol. The largest absolute Gasteiger partial charge is 2.00 e. The van der Waals surface area contributed by atoms with Gasteiger partial charge in [0.1, 0.15) is 22.9 Å². The zero-order valence-corrected chi connectivity index (χ0v) is 38.2. The number of aromatic nitrogens is 2. The molecule has 2 aliphatic heterocycles. The van der Waals surface area contributed by atoms with Crippen LogP contribution in [0.1, 0.15) is 125 Å². The Morgan fingerprint density at radius 1 is 0.712 bits per heavy atom. The third kappa shape index (κ3) is 5.74. The molecule has 10 rings (SSSR count). The van der Waals surface area contributed by atoms with E-state index in [2.05, 4.69) is 178 Å². The summed E-state index contributed by atoms with van der Waals surface area (Å²) in [6.07, 6.45) is 2.73. The molecular weight excluding hydrogens is 906 g/mol. The van der Waals surface area contributed by atoms with Crippen LogP contribution in [0.2, 0.25) is 0 Å². The van der Waals surface area contributed by atoms with Crippen LogP contribution in [0.4, 0.5) is 0 Å². The Labute approximate surface area is 363 Å². The van der Waals surface area contributed by atoms with Crippen LogP contribution in [0.25, 0.3) is 27.6 Å². The van der Waals surface area contributed by atoms with E-state index < -0.39 is 11.1 Å². The smallest absolute Gasteiger partial charge is 0.507 e. The van der Waals surface area contributed by atoms with Gasteiger partial charge in [0.2, 0.25) is 0 Å². The van der Waals surface area contributed by atoms with Crippen LogP contribution in [0, 0.1) is 19.1 Å². The molecule has 5 aromatic carbocycles. The number of benzene rings is 5. The molecular formula is C53H51N3O2Pt. The Morgan fingerprint density at radius 2 is 1.36 bits per heavy atom. The van der Waals surface area contributed by atoms with Gasteiger partial charge in [-0.15, -0.1) is 28.6 Å². The third-order valence-electron chi connectivity index (χ3n) is 13.4. The molecule has 0 saturated heterocycles. The Kier molecular flexibility index (Phi) is 8.70. The first kappa shape index (κ1) is 39.5. The first-order valence-corrected chi connectivity index (χ1v) is 20.6. The number of aliphatic imine (C=N–C) groups is 1. The second-order valence-corrected chi connectivity index (χ2v) is 19.7. The molecule has 0 amide bonds. The molecule has 0 N–H and O–H groups in total. The van der Waals surface area contributed by atoms with Crippen molar-refractivity contribution in [2.45, 2.75) is 110 Å². The minimum absolute atomic E-state index is 0. The van der Waals surface area contributed by atoms with Crippen molar-refractivity contribution in [1.82, 2.24) is 9.55 Å². The minimum atomic E-state index is -0.740. The van der Waals surface area contributed by atoms with Crippen molar-refractivity contribution in [3.63, 3.8) is 0 Å². The molecule has 0 bridgehead atoms. The molecule has 0 saturated carbocycles. The van der Waals surface area contributed by atoms with Crippen molar-refractivity contribution in [3.05, 3.63) is 165 Å². The zero-order valence-electron chi connectivity index (χ0n) is 35.9. The van der Waals surface area contributed by atoms with Gasteiger partial charge in [0, 0.05) is 39.8 Å². The van der Waals surface area contributed by atoms with Crippen LogP contribution in [0.5, 0.6) is 11.5 Å². The van der Waals surface area contributed by atoms with Crippen LogP contribution in [-0.2, 0) is 59.6 Å². The first-order chi connectivity index (χ1) is 27.4. The van der Waals surface area contributed by atoms with E-state index in [9.17, 15) is 0 Å². The quantitative estimate of drug-likeness (QED) is 0.166. The Balaban J connectivity index is 0.00000449. The predicted molar refractivity (Wildman–Crippen MR) is 235 cm³/mol. The second kappa shape index (κ2) is 13.0. The number of pyridine rings is 1. The van der Waals surface area contributed by atoms with E-state index >= 15 is 0 Å². The Bertz CT molecular complexity index is 2920. The molecule has 2 aromatic heterocycles. The molecule has 7 aromatic rings. The van der Waals surface area contributed by atoms with Gasteiger partial charge in [0.25, 0.3) is 0 Å². The van der Waals surface area contributed by atoms with E-state index in [1.165, 1.54) is 44.3 Å². The van der Waals surface area contributed by atoms with Gasteiger partial charge in [0.05, 0.1) is 0 Å². The fourth-order valence-corrected chi connectivity index (χ4v) is 9.76. The maximum Gasteiger partial charge on any atom is 2.00 e. The van der Waals surface area contributed by atoms with Crippen LogP contribution < -0.4 is 4.74 Å².